The first-order chi connectivity index (χ1) is 27.3. The first-order valence-electron chi connectivity index (χ1n) is 19.0. The summed E-state index contributed by atoms with van der Waals surface area (Å²) < 4.78 is 2.42. The van der Waals surface area contributed by atoms with Crippen molar-refractivity contribution in [1.82, 2.24) is 9.55 Å². The molecule has 2 nitrogen and oxygen atoms in total. The number of aromatic nitrogens is 2. The van der Waals surface area contributed by atoms with E-state index in [1.54, 1.807) is 0 Å². The average molecular weight is 697 g/mol. The van der Waals surface area contributed by atoms with Crippen LogP contribution < -0.4 is 0 Å². The van der Waals surface area contributed by atoms with E-state index in [4.69, 9.17) is 4.98 Å². The molecule has 0 saturated carbocycles. The summed E-state index contributed by atoms with van der Waals surface area (Å²) in [6, 6.07) is 71.1. The average Bonchev–Trinajstić information content (AvgIpc) is 3.58. The lowest BCUT2D eigenvalue weighted by Crippen LogP contribution is -2.01. The first kappa shape index (κ1) is 30.2. The van der Waals surface area contributed by atoms with Crippen LogP contribution in [0.1, 0.15) is 0 Å². The Balaban J connectivity index is 1.22. The summed E-state index contributed by atoms with van der Waals surface area (Å²) in [7, 11) is 0. The van der Waals surface area contributed by atoms with Crippen molar-refractivity contribution in [2.24, 2.45) is 0 Å². The summed E-state index contributed by atoms with van der Waals surface area (Å²) >= 11 is 0. The Hall–Kier alpha value is -7.29. The molecule has 2 heterocycles. The molecule has 0 aliphatic heterocycles. The monoisotopic (exact) mass is 696 g/mol. The molecular weight excluding hydrogens is 665 g/mol. The zero-order valence-corrected chi connectivity index (χ0v) is 29.9. The molecule has 0 N–H and O–H groups in total. The Morgan fingerprint density at radius 3 is 1.65 bits per heavy atom. The smallest absolute Gasteiger partial charge is 0.138 e. The van der Waals surface area contributed by atoms with E-state index in [0.717, 1.165) is 27.8 Å². The van der Waals surface area contributed by atoms with Crippen molar-refractivity contribution in [2.75, 3.05) is 0 Å². The number of hydrogen-bond acceptors (Lipinski definition) is 1. The fourth-order valence-electron chi connectivity index (χ4n) is 9.26. The molecule has 10 aromatic carbocycles. The molecule has 2 aromatic heterocycles. The molecule has 12 rings (SSSR count). The lowest BCUT2D eigenvalue weighted by atomic mass is 9.90. The van der Waals surface area contributed by atoms with Crippen molar-refractivity contribution in [3.8, 4) is 28.1 Å². The minimum atomic E-state index is 0.904. The van der Waals surface area contributed by atoms with Crippen LogP contribution in [-0.2, 0) is 0 Å². The van der Waals surface area contributed by atoms with Crippen molar-refractivity contribution in [3.63, 3.8) is 0 Å². The van der Waals surface area contributed by atoms with Gasteiger partial charge in [-0.15, -0.1) is 0 Å². The molecule has 0 atom stereocenters. The van der Waals surface area contributed by atoms with E-state index in [-0.39, 0.29) is 0 Å². The van der Waals surface area contributed by atoms with Gasteiger partial charge in [0.15, 0.2) is 0 Å². The van der Waals surface area contributed by atoms with Crippen LogP contribution in [0.3, 0.4) is 0 Å². The van der Waals surface area contributed by atoms with Crippen molar-refractivity contribution in [2.45, 2.75) is 0 Å². The van der Waals surface area contributed by atoms with Crippen LogP contribution in [0, 0.1) is 0 Å². The number of pyridine rings is 1. The van der Waals surface area contributed by atoms with Gasteiger partial charge in [-0.25, -0.2) is 4.98 Å². The second-order valence-electron chi connectivity index (χ2n) is 14.7. The molecule has 0 fully saturated rings. The van der Waals surface area contributed by atoms with E-state index >= 15 is 0 Å². The molecule has 0 aliphatic rings. The molecular formula is C53H32N2. The van der Waals surface area contributed by atoms with Gasteiger partial charge in [-0.05, 0) is 107 Å². The maximum atomic E-state index is 5.47. The van der Waals surface area contributed by atoms with Gasteiger partial charge in [0.05, 0.1) is 16.6 Å². The van der Waals surface area contributed by atoms with Gasteiger partial charge in [-0.1, -0.05) is 158 Å². The standard InChI is InChI=1S/C53H32N2/c1-2-14-34-29-36(26-25-33(34)13-1)46-32-51(54-49-23-11-9-21-44(46)49)55-50-24-12-10-22-45(50)48-30-35-15-3-4-16-38(35)52(53(48)55)37-27-28-43-41-19-6-5-17-39(41)40-18-7-8-20-42(40)47(43)31-37/h1-32H. The van der Waals surface area contributed by atoms with E-state index in [1.165, 1.54) is 86.9 Å². The maximum Gasteiger partial charge on any atom is 0.138 e. The second kappa shape index (κ2) is 11.6. The third-order valence-electron chi connectivity index (χ3n) is 11.7. The van der Waals surface area contributed by atoms with Crippen molar-refractivity contribution in [1.29, 1.82) is 0 Å². The van der Waals surface area contributed by atoms with Gasteiger partial charge in [0.1, 0.15) is 5.82 Å². The summed E-state index contributed by atoms with van der Waals surface area (Å²) in [5.74, 6) is 0.904. The van der Waals surface area contributed by atoms with Crippen molar-refractivity contribution in [3.05, 3.63) is 194 Å². The minimum absolute atomic E-state index is 0.904. The highest BCUT2D eigenvalue weighted by Gasteiger charge is 2.22. The molecule has 0 saturated heterocycles. The molecule has 0 radical (unpaired) electrons. The van der Waals surface area contributed by atoms with Gasteiger partial charge in [0, 0.05) is 21.7 Å². The summed E-state index contributed by atoms with van der Waals surface area (Å²) in [6.45, 7) is 0. The summed E-state index contributed by atoms with van der Waals surface area (Å²) in [5, 5.41) is 16.1. The molecule has 0 amide bonds. The third kappa shape index (κ3) is 4.46. The van der Waals surface area contributed by atoms with Gasteiger partial charge in [-0.3, -0.25) is 4.57 Å². The fourth-order valence-corrected chi connectivity index (χ4v) is 9.26. The zero-order chi connectivity index (χ0) is 36.0. The van der Waals surface area contributed by atoms with Gasteiger partial charge in [-0.2, -0.15) is 0 Å². The molecule has 0 aliphatic carbocycles. The predicted octanol–water partition coefficient (Wildman–Crippen LogP) is 14.4. The van der Waals surface area contributed by atoms with Gasteiger partial charge in [0.2, 0.25) is 0 Å². The van der Waals surface area contributed by atoms with Crippen LogP contribution in [-0.4, -0.2) is 9.55 Å². The molecule has 55 heavy (non-hydrogen) atoms. The van der Waals surface area contributed by atoms with Crippen LogP contribution in [0.15, 0.2) is 194 Å². The Labute approximate surface area is 317 Å². The number of benzene rings is 10. The highest BCUT2D eigenvalue weighted by molar-refractivity contribution is 6.27. The normalized spacial score (nSPS) is 12.0. The largest absolute Gasteiger partial charge is 0.293 e. The van der Waals surface area contributed by atoms with E-state index in [9.17, 15) is 0 Å². The predicted molar refractivity (Wildman–Crippen MR) is 234 cm³/mol. The van der Waals surface area contributed by atoms with E-state index in [0.29, 0.717) is 0 Å². The number of nitrogens with zero attached hydrogens (tertiary/aromatic N) is 2. The van der Waals surface area contributed by atoms with E-state index < -0.39 is 0 Å². The molecule has 0 spiro atoms. The molecule has 0 bridgehead atoms. The summed E-state index contributed by atoms with van der Waals surface area (Å²) in [4.78, 5) is 5.47. The van der Waals surface area contributed by atoms with Crippen molar-refractivity contribution < 1.29 is 0 Å². The zero-order valence-electron chi connectivity index (χ0n) is 29.9. The van der Waals surface area contributed by atoms with Crippen LogP contribution in [0.25, 0.3) is 115 Å². The summed E-state index contributed by atoms with van der Waals surface area (Å²) in [6.07, 6.45) is 0. The Morgan fingerprint density at radius 2 is 0.891 bits per heavy atom. The number of rotatable bonds is 3. The Kier molecular flexibility index (Phi) is 6.37. The van der Waals surface area contributed by atoms with E-state index in [2.05, 4.69) is 199 Å². The second-order valence-corrected chi connectivity index (χ2v) is 14.7. The van der Waals surface area contributed by atoms with Gasteiger partial charge in [0.25, 0.3) is 0 Å². The Bertz CT molecular complexity index is 3520. The van der Waals surface area contributed by atoms with Gasteiger partial charge >= 0.3 is 0 Å². The van der Waals surface area contributed by atoms with Gasteiger partial charge < -0.3 is 0 Å². The SMILES string of the molecule is c1ccc2cc(-c3cc(-n4c5ccccc5c5cc6ccccc6c(-c6ccc7c8ccccc8c8ccccc8c7c6)c54)nc4ccccc34)ccc2c1. The molecule has 2 heteroatoms. The maximum absolute atomic E-state index is 5.47. The quantitative estimate of drug-likeness (QED) is 0.168. The molecule has 0 unspecified atom stereocenters. The van der Waals surface area contributed by atoms with Crippen LogP contribution >= 0.6 is 0 Å². The lowest BCUT2D eigenvalue weighted by molar-refractivity contribution is 1.10. The summed E-state index contributed by atoms with van der Waals surface area (Å²) in [5.41, 5.74) is 8.03. The number of fused-ring (bicyclic) bond motifs is 12. The number of hydrogen-bond donors (Lipinski definition) is 0. The topological polar surface area (TPSA) is 17.8 Å². The first-order valence-corrected chi connectivity index (χ1v) is 19.0. The third-order valence-corrected chi connectivity index (χ3v) is 11.7. The van der Waals surface area contributed by atoms with Crippen molar-refractivity contribution >= 4 is 86.6 Å². The lowest BCUT2D eigenvalue weighted by Gasteiger charge is -2.17. The van der Waals surface area contributed by atoms with Crippen LogP contribution in [0.5, 0.6) is 0 Å². The van der Waals surface area contributed by atoms with Crippen LogP contribution in [0.4, 0.5) is 0 Å². The fraction of sp³-hybridized carbons (Fsp3) is 0. The van der Waals surface area contributed by atoms with Crippen LogP contribution in [0.2, 0.25) is 0 Å². The highest BCUT2D eigenvalue weighted by Crippen LogP contribution is 2.45. The minimum Gasteiger partial charge on any atom is -0.293 e. The van der Waals surface area contributed by atoms with E-state index in [1.807, 2.05) is 0 Å². The number of para-hydroxylation sites is 2. The molecule has 12 aromatic rings. The highest BCUT2D eigenvalue weighted by atomic mass is 15.1. The Morgan fingerprint density at radius 1 is 0.327 bits per heavy atom. The molecule has 254 valence electrons.